The molecule has 1 aromatic heterocycles. The van der Waals surface area contributed by atoms with Crippen LogP contribution in [0.15, 0.2) is 12.3 Å². The van der Waals surface area contributed by atoms with Crippen LogP contribution in [-0.2, 0) is 4.74 Å². The minimum absolute atomic E-state index is 0.162. The van der Waals surface area contributed by atoms with Crippen molar-refractivity contribution in [2.45, 2.75) is 32.8 Å². The van der Waals surface area contributed by atoms with E-state index in [1.807, 2.05) is 13.8 Å². The van der Waals surface area contributed by atoms with Crippen LogP contribution in [-0.4, -0.2) is 30.1 Å². The van der Waals surface area contributed by atoms with Gasteiger partial charge in [0.15, 0.2) is 0 Å². The molecule has 3 N–H and O–H groups in total. The van der Waals surface area contributed by atoms with Crippen LogP contribution in [0.2, 0.25) is 5.15 Å². The van der Waals surface area contributed by atoms with Crippen molar-refractivity contribution in [3.05, 3.63) is 23.0 Å². The zero-order valence-electron chi connectivity index (χ0n) is 11.3. The van der Waals surface area contributed by atoms with Crippen molar-refractivity contribution in [2.24, 2.45) is 0 Å². The molecule has 106 valence electrons. The Bertz CT molecular complexity index is 424. The van der Waals surface area contributed by atoms with E-state index in [9.17, 15) is 4.79 Å². The van der Waals surface area contributed by atoms with Crippen molar-refractivity contribution in [3.8, 4) is 0 Å². The summed E-state index contributed by atoms with van der Waals surface area (Å²) < 4.78 is 5.41. The Labute approximate surface area is 118 Å². The number of pyridine rings is 1. The van der Waals surface area contributed by atoms with E-state index in [0.717, 1.165) is 12.8 Å². The van der Waals surface area contributed by atoms with Gasteiger partial charge >= 0.3 is 0 Å². The van der Waals surface area contributed by atoms with Crippen LogP contribution in [0.3, 0.4) is 0 Å². The van der Waals surface area contributed by atoms with Gasteiger partial charge in [-0.25, -0.2) is 4.98 Å². The molecule has 0 aliphatic heterocycles. The molecular weight excluding hydrogens is 266 g/mol. The predicted molar refractivity (Wildman–Crippen MR) is 76.3 cm³/mol. The zero-order valence-corrected chi connectivity index (χ0v) is 12.0. The van der Waals surface area contributed by atoms with Crippen LogP contribution in [0.5, 0.6) is 0 Å². The second-order valence-corrected chi connectivity index (χ2v) is 4.85. The van der Waals surface area contributed by atoms with Gasteiger partial charge in [0.05, 0.1) is 23.6 Å². The Hall–Kier alpha value is -1.33. The van der Waals surface area contributed by atoms with E-state index < -0.39 is 0 Å². The molecule has 1 heterocycles. The quantitative estimate of drug-likeness (QED) is 0.595. The molecule has 0 saturated heterocycles. The molecule has 0 aliphatic rings. The van der Waals surface area contributed by atoms with Crippen molar-refractivity contribution in [1.29, 1.82) is 0 Å². The lowest BCUT2D eigenvalue weighted by Crippen LogP contribution is -2.25. The molecule has 0 radical (unpaired) electrons. The van der Waals surface area contributed by atoms with Crippen LogP contribution in [0.4, 0.5) is 5.69 Å². The molecule has 0 spiro atoms. The first-order valence-electron chi connectivity index (χ1n) is 6.31. The van der Waals surface area contributed by atoms with Crippen molar-refractivity contribution in [1.82, 2.24) is 10.3 Å². The second-order valence-electron chi connectivity index (χ2n) is 4.49. The number of nitrogen functional groups attached to an aromatic ring is 1. The fraction of sp³-hybridized carbons (Fsp3) is 0.538. The normalized spacial score (nSPS) is 10.7. The van der Waals surface area contributed by atoms with E-state index in [1.54, 1.807) is 0 Å². The zero-order chi connectivity index (χ0) is 14.3. The Kier molecular flexibility index (Phi) is 6.59. The highest BCUT2D eigenvalue weighted by Gasteiger charge is 2.11. The smallest absolute Gasteiger partial charge is 0.254 e. The number of aromatic nitrogens is 1. The average Bonchev–Trinajstić information content (AvgIpc) is 2.36. The number of amides is 1. The minimum Gasteiger partial charge on any atom is -0.397 e. The number of unbranched alkanes of at least 4 members (excludes halogenated alkanes) is 1. The summed E-state index contributed by atoms with van der Waals surface area (Å²) in [5.74, 6) is -0.255. The standard InChI is InChI=1S/C13H20ClN3O2/c1-9(2)19-6-4-3-5-16-13(18)11-7-10(15)8-17-12(11)14/h7-9H,3-6,15H2,1-2H3,(H,16,18). The highest BCUT2D eigenvalue weighted by molar-refractivity contribution is 6.32. The average molecular weight is 286 g/mol. The number of carbonyl (C=O) groups excluding carboxylic acids is 1. The first-order chi connectivity index (χ1) is 9.00. The number of hydrogen-bond acceptors (Lipinski definition) is 4. The molecule has 0 fully saturated rings. The molecule has 0 bridgehead atoms. The highest BCUT2D eigenvalue weighted by Crippen LogP contribution is 2.15. The summed E-state index contributed by atoms with van der Waals surface area (Å²) in [6.45, 7) is 5.27. The topological polar surface area (TPSA) is 77.2 Å². The van der Waals surface area contributed by atoms with Crippen LogP contribution in [0.1, 0.15) is 37.0 Å². The summed E-state index contributed by atoms with van der Waals surface area (Å²) in [4.78, 5) is 15.7. The number of ether oxygens (including phenoxy) is 1. The molecule has 5 nitrogen and oxygen atoms in total. The third-order valence-electron chi connectivity index (χ3n) is 2.41. The summed E-state index contributed by atoms with van der Waals surface area (Å²) in [7, 11) is 0. The molecule has 0 unspecified atom stereocenters. The van der Waals surface area contributed by atoms with Gasteiger partial charge in [0.25, 0.3) is 5.91 Å². The maximum Gasteiger partial charge on any atom is 0.254 e. The van der Waals surface area contributed by atoms with Gasteiger partial charge in [-0.3, -0.25) is 4.79 Å². The fourth-order valence-corrected chi connectivity index (χ4v) is 1.66. The SMILES string of the molecule is CC(C)OCCCCNC(=O)c1cc(N)cnc1Cl. The number of hydrogen-bond donors (Lipinski definition) is 2. The molecule has 0 atom stereocenters. The van der Waals surface area contributed by atoms with E-state index in [0.29, 0.717) is 24.4 Å². The number of nitrogens with one attached hydrogen (secondary N) is 1. The van der Waals surface area contributed by atoms with E-state index in [-0.39, 0.29) is 17.2 Å². The molecule has 6 heteroatoms. The van der Waals surface area contributed by atoms with E-state index >= 15 is 0 Å². The molecule has 1 amide bonds. The first kappa shape index (κ1) is 15.7. The van der Waals surface area contributed by atoms with Crippen LogP contribution in [0, 0.1) is 0 Å². The maximum atomic E-state index is 11.8. The molecule has 0 aliphatic carbocycles. The highest BCUT2D eigenvalue weighted by atomic mass is 35.5. The number of anilines is 1. The summed E-state index contributed by atoms with van der Waals surface area (Å²) in [5.41, 5.74) is 6.29. The Morgan fingerprint density at radius 3 is 2.95 bits per heavy atom. The molecule has 1 aromatic rings. The van der Waals surface area contributed by atoms with E-state index in [1.165, 1.54) is 12.3 Å². The van der Waals surface area contributed by atoms with Gasteiger partial charge in [-0.15, -0.1) is 0 Å². The predicted octanol–water partition coefficient (Wildman–Crippen LogP) is 2.25. The lowest BCUT2D eigenvalue weighted by molar-refractivity contribution is 0.0754. The monoisotopic (exact) mass is 285 g/mol. The molecule has 0 saturated carbocycles. The third-order valence-corrected chi connectivity index (χ3v) is 2.71. The molecule has 0 aromatic carbocycles. The van der Waals surface area contributed by atoms with E-state index in [4.69, 9.17) is 22.1 Å². The minimum atomic E-state index is -0.255. The van der Waals surface area contributed by atoms with Gasteiger partial charge < -0.3 is 15.8 Å². The number of nitrogens with two attached hydrogens (primary N) is 1. The summed E-state index contributed by atoms with van der Waals surface area (Å²) >= 11 is 5.84. The van der Waals surface area contributed by atoms with Crippen LogP contribution >= 0.6 is 11.6 Å². The van der Waals surface area contributed by atoms with Gasteiger partial charge in [-0.05, 0) is 32.8 Å². The fourth-order valence-electron chi connectivity index (χ4n) is 1.47. The number of halogens is 1. The maximum absolute atomic E-state index is 11.8. The number of nitrogens with zero attached hydrogens (tertiary/aromatic N) is 1. The Morgan fingerprint density at radius 2 is 2.26 bits per heavy atom. The van der Waals surface area contributed by atoms with Crippen LogP contribution in [0.25, 0.3) is 0 Å². The second kappa shape index (κ2) is 7.96. The van der Waals surface area contributed by atoms with Gasteiger partial charge in [0, 0.05) is 13.2 Å². The van der Waals surface area contributed by atoms with E-state index in [2.05, 4.69) is 10.3 Å². The number of carbonyl (C=O) groups is 1. The lowest BCUT2D eigenvalue weighted by atomic mass is 10.2. The van der Waals surface area contributed by atoms with Gasteiger partial charge in [-0.2, -0.15) is 0 Å². The Balaban J connectivity index is 2.29. The summed E-state index contributed by atoms with van der Waals surface area (Å²) in [5, 5.41) is 2.94. The van der Waals surface area contributed by atoms with Gasteiger partial charge in [0.2, 0.25) is 0 Å². The van der Waals surface area contributed by atoms with Gasteiger partial charge in [-0.1, -0.05) is 11.6 Å². The van der Waals surface area contributed by atoms with Gasteiger partial charge in [0.1, 0.15) is 5.15 Å². The third kappa shape index (κ3) is 5.89. The van der Waals surface area contributed by atoms with Crippen LogP contribution < -0.4 is 11.1 Å². The van der Waals surface area contributed by atoms with Crippen molar-refractivity contribution < 1.29 is 9.53 Å². The van der Waals surface area contributed by atoms with Crippen molar-refractivity contribution >= 4 is 23.2 Å². The molecule has 1 rings (SSSR count). The first-order valence-corrected chi connectivity index (χ1v) is 6.69. The molecular formula is C13H20ClN3O2. The summed E-state index contributed by atoms with van der Waals surface area (Å²) in [6, 6.07) is 1.52. The Morgan fingerprint density at radius 1 is 1.53 bits per heavy atom. The number of rotatable bonds is 7. The van der Waals surface area contributed by atoms with Crippen molar-refractivity contribution in [3.63, 3.8) is 0 Å². The lowest BCUT2D eigenvalue weighted by Gasteiger charge is -2.08. The van der Waals surface area contributed by atoms with Crippen molar-refractivity contribution in [2.75, 3.05) is 18.9 Å². The molecule has 19 heavy (non-hydrogen) atoms. The largest absolute Gasteiger partial charge is 0.397 e. The summed E-state index contributed by atoms with van der Waals surface area (Å²) in [6.07, 6.45) is 3.42.